The molecule has 1 aliphatic rings. The number of hydrogen-bond donors (Lipinski definition) is 4. The van der Waals surface area contributed by atoms with Crippen LogP contribution in [0.3, 0.4) is 0 Å². The number of hydrogen-bond acceptors (Lipinski definition) is 8. The summed E-state index contributed by atoms with van der Waals surface area (Å²) in [5.41, 5.74) is 5.29. The van der Waals surface area contributed by atoms with E-state index in [9.17, 15) is 25.4 Å². The van der Waals surface area contributed by atoms with Crippen LogP contribution in [0.1, 0.15) is 0 Å². The topological polar surface area (TPSA) is 148 Å². The van der Waals surface area contributed by atoms with Crippen LogP contribution in [0.5, 0.6) is 5.75 Å². The average molecular weight is 300 g/mol. The van der Waals surface area contributed by atoms with Crippen LogP contribution in [0.25, 0.3) is 0 Å². The Labute approximate surface area is 119 Å². The van der Waals surface area contributed by atoms with Crippen LogP contribution in [-0.2, 0) is 4.74 Å². The molecule has 5 N–H and O–H groups in total. The third-order valence-electron chi connectivity index (χ3n) is 3.20. The lowest BCUT2D eigenvalue weighted by Crippen LogP contribution is -2.60. The number of aliphatic hydroxyl groups excluding tert-OH is 3. The molecule has 1 aromatic carbocycles. The summed E-state index contributed by atoms with van der Waals surface area (Å²) in [7, 11) is 0. The minimum Gasteiger partial charge on any atom is -0.462 e. The molecule has 1 saturated heterocycles. The highest BCUT2D eigenvalue weighted by Gasteiger charge is 2.44. The third kappa shape index (κ3) is 3.28. The Kier molecular flexibility index (Phi) is 4.70. The SMILES string of the molecule is NC[C@H]1OC(Oc2ccc([N+](=O)[O-])cc2)C(O)C(O)C1O. The molecule has 0 spiro atoms. The van der Waals surface area contributed by atoms with Crippen LogP contribution in [0.2, 0.25) is 0 Å². The van der Waals surface area contributed by atoms with E-state index in [1.807, 2.05) is 0 Å². The van der Waals surface area contributed by atoms with Crippen molar-refractivity contribution in [1.82, 2.24) is 0 Å². The quantitative estimate of drug-likeness (QED) is 0.397. The lowest BCUT2D eigenvalue weighted by atomic mass is 9.99. The zero-order valence-corrected chi connectivity index (χ0v) is 10.9. The second-order valence-electron chi connectivity index (χ2n) is 4.62. The largest absolute Gasteiger partial charge is 0.462 e. The van der Waals surface area contributed by atoms with E-state index in [4.69, 9.17) is 15.2 Å². The summed E-state index contributed by atoms with van der Waals surface area (Å²) in [4.78, 5) is 9.99. The Morgan fingerprint density at radius 3 is 2.33 bits per heavy atom. The normalized spacial score (nSPS) is 32.7. The molecule has 1 aromatic rings. The Balaban J connectivity index is 2.08. The van der Waals surface area contributed by atoms with Crippen molar-refractivity contribution in [1.29, 1.82) is 0 Å². The summed E-state index contributed by atoms with van der Waals surface area (Å²) in [6, 6.07) is 5.14. The molecule has 9 heteroatoms. The summed E-state index contributed by atoms with van der Waals surface area (Å²) >= 11 is 0. The maximum Gasteiger partial charge on any atom is 0.269 e. The fourth-order valence-corrected chi connectivity index (χ4v) is 1.99. The van der Waals surface area contributed by atoms with Gasteiger partial charge in [0.2, 0.25) is 6.29 Å². The van der Waals surface area contributed by atoms with Gasteiger partial charge in [0.25, 0.3) is 5.69 Å². The second kappa shape index (κ2) is 6.33. The molecule has 0 aliphatic carbocycles. The van der Waals surface area contributed by atoms with Gasteiger partial charge in [0, 0.05) is 18.7 Å². The molecule has 5 atom stereocenters. The van der Waals surface area contributed by atoms with Crippen LogP contribution < -0.4 is 10.5 Å². The number of nitro groups is 1. The van der Waals surface area contributed by atoms with Crippen LogP contribution in [0, 0.1) is 10.1 Å². The maximum atomic E-state index is 10.5. The zero-order valence-electron chi connectivity index (χ0n) is 10.9. The highest BCUT2D eigenvalue weighted by Crippen LogP contribution is 2.25. The van der Waals surface area contributed by atoms with Crippen LogP contribution in [0.15, 0.2) is 24.3 Å². The van der Waals surface area contributed by atoms with Gasteiger partial charge < -0.3 is 30.5 Å². The Morgan fingerprint density at radius 2 is 1.81 bits per heavy atom. The lowest BCUT2D eigenvalue weighted by molar-refractivity contribution is -0.384. The predicted molar refractivity (Wildman–Crippen MR) is 69.5 cm³/mol. The monoisotopic (exact) mass is 300 g/mol. The van der Waals surface area contributed by atoms with Crippen molar-refractivity contribution in [3.8, 4) is 5.75 Å². The van der Waals surface area contributed by atoms with E-state index in [0.717, 1.165) is 0 Å². The summed E-state index contributed by atoms with van der Waals surface area (Å²) in [6.45, 7) is -0.0644. The number of benzene rings is 1. The molecule has 0 radical (unpaired) electrons. The number of nitrogens with two attached hydrogens (primary N) is 1. The van der Waals surface area contributed by atoms with Crippen molar-refractivity contribution in [2.75, 3.05) is 6.54 Å². The van der Waals surface area contributed by atoms with Crippen molar-refractivity contribution in [3.05, 3.63) is 34.4 Å². The molecule has 21 heavy (non-hydrogen) atoms. The van der Waals surface area contributed by atoms with Crippen LogP contribution in [-0.4, -0.2) is 57.5 Å². The Morgan fingerprint density at radius 1 is 1.19 bits per heavy atom. The van der Waals surface area contributed by atoms with Gasteiger partial charge in [-0.15, -0.1) is 0 Å². The smallest absolute Gasteiger partial charge is 0.269 e. The van der Waals surface area contributed by atoms with Crippen molar-refractivity contribution in [2.45, 2.75) is 30.7 Å². The first-order valence-electron chi connectivity index (χ1n) is 6.25. The Hall–Kier alpha value is -1.78. The molecule has 4 unspecified atom stereocenters. The molecule has 9 nitrogen and oxygen atoms in total. The van der Waals surface area contributed by atoms with E-state index < -0.39 is 35.6 Å². The molecule has 0 bridgehead atoms. The number of rotatable bonds is 4. The number of ether oxygens (including phenoxy) is 2. The highest BCUT2D eigenvalue weighted by atomic mass is 16.7. The summed E-state index contributed by atoms with van der Waals surface area (Å²) in [6.07, 6.45) is -6.38. The molecule has 0 saturated carbocycles. The second-order valence-corrected chi connectivity index (χ2v) is 4.62. The van der Waals surface area contributed by atoms with E-state index in [1.54, 1.807) is 0 Å². The van der Waals surface area contributed by atoms with Gasteiger partial charge in [-0.1, -0.05) is 0 Å². The van der Waals surface area contributed by atoms with Gasteiger partial charge in [-0.05, 0) is 12.1 Å². The van der Waals surface area contributed by atoms with E-state index in [1.165, 1.54) is 24.3 Å². The molecule has 2 rings (SSSR count). The predicted octanol–water partition coefficient (Wildman–Crippen LogP) is -1.26. The molecule has 0 aromatic heterocycles. The first-order valence-corrected chi connectivity index (χ1v) is 6.25. The third-order valence-corrected chi connectivity index (χ3v) is 3.20. The van der Waals surface area contributed by atoms with E-state index in [0.29, 0.717) is 0 Å². The van der Waals surface area contributed by atoms with Crippen molar-refractivity contribution >= 4 is 5.69 Å². The summed E-state index contributed by atoms with van der Waals surface area (Å²) < 4.78 is 10.6. The Bertz CT molecular complexity index is 493. The van der Waals surface area contributed by atoms with Gasteiger partial charge in [0.15, 0.2) is 0 Å². The first-order chi connectivity index (χ1) is 9.93. The van der Waals surface area contributed by atoms with Gasteiger partial charge in [-0.3, -0.25) is 10.1 Å². The molecule has 1 fully saturated rings. The minimum atomic E-state index is -1.47. The van der Waals surface area contributed by atoms with E-state index >= 15 is 0 Å². The summed E-state index contributed by atoms with van der Waals surface area (Å²) in [5, 5.41) is 39.7. The van der Waals surface area contributed by atoms with Crippen molar-refractivity contribution in [2.24, 2.45) is 5.73 Å². The molecule has 116 valence electrons. The van der Waals surface area contributed by atoms with Gasteiger partial charge in [-0.25, -0.2) is 0 Å². The average Bonchev–Trinajstić information content (AvgIpc) is 2.48. The van der Waals surface area contributed by atoms with Gasteiger partial charge in [0.05, 0.1) is 4.92 Å². The van der Waals surface area contributed by atoms with Gasteiger partial charge in [0.1, 0.15) is 30.2 Å². The van der Waals surface area contributed by atoms with Crippen LogP contribution >= 0.6 is 0 Å². The van der Waals surface area contributed by atoms with Gasteiger partial charge >= 0.3 is 0 Å². The molecule has 1 heterocycles. The number of non-ortho nitro benzene ring substituents is 1. The fourth-order valence-electron chi connectivity index (χ4n) is 1.99. The van der Waals surface area contributed by atoms with Crippen LogP contribution in [0.4, 0.5) is 5.69 Å². The number of nitro benzene ring substituents is 1. The van der Waals surface area contributed by atoms with Gasteiger partial charge in [-0.2, -0.15) is 0 Å². The van der Waals surface area contributed by atoms with E-state index in [2.05, 4.69) is 0 Å². The number of aliphatic hydroxyl groups is 3. The molecule has 1 aliphatic heterocycles. The maximum absolute atomic E-state index is 10.5. The zero-order chi connectivity index (χ0) is 15.6. The van der Waals surface area contributed by atoms with Crippen molar-refractivity contribution in [3.63, 3.8) is 0 Å². The standard InChI is InChI=1S/C12H16N2O7/c13-5-8-9(15)10(16)11(17)12(21-8)20-7-3-1-6(2-4-7)14(18)19/h1-4,8-12,15-17H,5,13H2/t8-,9?,10?,11?,12?/m1/s1. The van der Waals surface area contributed by atoms with Crippen molar-refractivity contribution < 1.29 is 29.7 Å². The minimum absolute atomic E-state index is 0.0644. The fraction of sp³-hybridized carbons (Fsp3) is 0.500. The summed E-state index contributed by atoms with van der Waals surface area (Å²) in [5.74, 6) is 0.212. The number of nitrogens with zero attached hydrogens (tertiary/aromatic N) is 1. The van der Waals surface area contributed by atoms with E-state index in [-0.39, 0.29) is 18.0 Å². The lowest BCUT2D eigenvalue weighted by Gasteiger charge is -2.39. The molecular formula is C12H16N2O7. The first kappa shape index (κ1) is 15.6. The highest BCUT2D eigenvalue weighted by molar-refractivity contribution is 5.36. The molecular weight excluding hydrogens is 284 g/mol. The molecule has 0 amide bonds.